The third kappa shape index (κ3) is 9.51. The molecule has 0 amide bonds. The Hall–Kier alpha value is -2.49. The van der Waals surface area contributed by atoms with Crippen molar-refractivity contribution in [3.05, 3.63) is 29.7 Å². The van der Waals surface area contributed by atoms with Gasteiger partial charge in [0.05, 0.1) is 36.9 Å². The van der Waals surface area contributed by atoms with Gasteiger partial charge in [-0.1, -0.05) is 41.5 Å². The van der Waals surface area contributed by atoms with Crippen molar-refractivity contribution in [1.82, 2.24) is 0 Å². The van der Waals surface area contributed by atoms with Gasteiger partial charge in [-0.25, -0.2) is 4.79 Å². The van der Waals surface area contributed by atoms with Crippen LogP contribution in [0.2, 0.25) is 0 Å². The van der Waals surface area contributed by atoms with Crippen LogP contribution in [0.15, 0.2) is 22.6 Å². The molecule has 10 atom stereocenters. The van der Waals surface area contributed by atoms with E-state index in [1.807, 2.05) is 40.7 Å². The molecule has 0 unspecified atom stereocenters. The standard InChI is InChI=1S/C33H52O9/c1-8-24(33(38)39)28-13-11-12-27(42-28)21(6)31(36)22(7)32(37)25(9-2)30(35)20(5)18-19(4)26-16-14-23(41-26)15-17-29(34)40-10-3/h14-17,19-22,24-25,27-28,30-31,35-36H,8-13,18H2,1-7H3,(H,38,39)/b17-15+/t19-,20+,21-,22+,24-,25-,27-,28-,30+,31+/m1/s1. The average molecular weight is 593 g/mol. The maximum Gasteiger partial charge on any atom is 0.330 e. The van der Waals surface area contributed by atoms with Crippen molar-refractivity contribution < 1.29 is 43.6 Å². The van der Waals surface area contributed by atoms with E-state index in [9.17, 15) is 29.7 Å². The first-order valence-corrected chi connectivity index (χ1v) is 15.6. The van der Waals surface area contributed by atoms with Gasteiger partial charge in [-0.3, -0.25) is 9.59 Å². The van der Waals surface area contributed by atoms with E-state index in [0.717, 1.165) is 6.42 Å². The first-order chi connectivity index (χ1) is 19.9. The summed E-state index contributed by atoms with van der Waals surface area (Å²) < 4.78 is 16.9. The molecule has 1 aromatic heterocycles. The van der Waals surface area contributed by atoms with E-state index in [2.05, 4.69) is 0 Å². The molecule has 1 aliphatic rings. The minimum atomic E-state index is -0.981. The topological polar surface area (TPSA) is 144 Å². The monoisotopic (exact) mass is 592 g/mol. The number of carboxylic acid groups (broad SMARTS) is 1. The Morgan fingerprint density at radius 3 is 2.26 bits per heavy atom. The zero-order chi connectivity index (χ0) is 31.6. The summed E-state index contributed by atoms with van der Waals surface area (Å²) in [6.45, 7) is 13.2. The lowest BCUT2D eigenvalue weighted by molar-refractivity contribution is -0.161. The van der Waals surface area contributed by atoms with Gasteiger partial charge in [0.1, 0.15) is 17.3 Å². The van der Waals surface area contributed by atoms with Crippen molar-refractivity contribution in [1.29, 1.82) is 0 Å². The molecule has 3 N–H and O–H groups in total. The van der Waals surface area contributed by atoms with Gasteiger partial charge in [-0.15, -0.1) is 0 Å². The summed E-state index contributed by atoms with van der Waals surface area (Å²) in [5.74, 6) is -2.82. The summed E-state index contributed by atoms with van der Waals surface area (Å²) in [5, 5.41) is 32.0. The number of furan rings is 1. The number of rotatable bonds is 17. The predicted octanol–water partition coefficient (Wildman–Crippen LogP) is 5.62. The molecular formula is C33H52O9. The molecule has 1 fully saturated rings. The van der Waals surface area contributed by atoms with Gasteiger partial charge in [0.25, 0.3) is 0 Å². The minimum absolute atomic E-state index is 0.0378. The zero-order valence-electron chi connectivity index (χ0n) is 26.3. The van der Waals surface area contributed by atoms with Crippen molar-refractivity contribution in [3.63, 3.8) is 0 Å². The van der Waals surface area contributed by atoms with Gasteiger partial charge >= 0.3 is 11.9 Å². The molecule has 2 rings (SSSR count). The van der Waals surface area contributed by atoms with Crippen LogP contribution in [-0.2, 0) is 23.9 Å². The predicted molar refractivity (Wildman–Crippen MR) is 160 cm³/mol. The van der Waals surface area contributed by atoms with Crippen molar-refractivity contribution in [3.8, 4) is 0 Å². The fourth-order valence-corrected chi connectivity index (χ4v) is 6.23. The molecule has 0 radical (unpaired) electrons. The molecule has 1 saturated heterocycles. The van der Waals surface area contributed by atoms with Gasteiger partial charge in [0, 0.05) is 29.7 Å². The number of carbonyl (C=O) groups is 3. The first kappa shape index (κ1) is 35.7. The van der Waals surface area contributed by atoms with E-state index in [1.54, 1.807) is 26.0 Å². The highest BCUT2D eigenvalue weighted by molar-refractivity contribution is 5.86. The van der Waals surface area contributed by atoms with Crippen molar-refractivity contribution in [2.75, 3.05) is 6.61 Å². The van der Waals surface area contributed by atoms with Crippen LogP contribution in [-0.4, -0.2) is 64.1 Å². The van der Waals surface area contributed by atoms with Crippen molar-refractivity contribution >= 4 is 23.8 Å². The summed E-state index contributed by atoms with van der Waals surface area (Å²) in [7, 11) is 0. The van der Waals surface area contributed by atoms with Gasteiger partial charge < -0.3 is 29.2 Å². The second-order valence-corrected chi connectivity index (χ2v) is 12.0. The number of ether oxygens (including phenoxy) is 2. The van der Waals surface area contributed by atoms with E-state index in [0.29, 0.717) is 50.2 Å². The Labute approximate surface area is 250 Å². The Morgan fingerprint density at radius 1 is 1.00 bits per heavy atom. The molecule has 238 valence electrons. The van der Waals surface area contributed by atoms with Gasteiger partial charge in [0.2, 0.25) is 0 Å². The van der Waals surface area contributed by atoms with Crippen LogP contribution >= 0.6 is 0 Å². The number of esters is 1. The van der Waals surface area contributed by atoms with Gasteiger partial charge in [-0.05, 0) is 69.6 Å². The highest BCUT2D eigenvalue weighted by Crippen LogP contribution is 2.35. The molecule has 42 heavy (non-hydrogen) atoms. The number of carbonyl (C=O) groups excluding carboxylic acids is 2. The van der Waals surface area contributed by atoms with Crippen LogP contribution in [0.5, 0.6) is 0 Å². The van der Waals surface area contributed by atoms with Crippen LogP contribution < -0.4 is 0 Å². The quantitative estimate of drug-likeness (QED) is 0.155. The van der Waals surface area contributed by atoms with E-state index < -0.39 is 48.0 Å². The molecule has 0 spiro atoms. The number of hydrogen-bond acceptors (Lipinski definition) is 8. The maximum atomic E-state index is 13.6. The largest absolute Gasteiger partial charge is 0.481 e. The molecular weight excluding hydrogens is 540 g/mol. The van der Waals surface area contributed by atoms with Crippen molar-refractivity contribution in [2.45, 2.75) is 117 Å². The Morgan fingerprint density at radius 2 is 1.67 bits per heavy atom. The molecule has 0 bridgehead atoms. The van der Waals surface area contributed by atoms with Crippen molar-refractivity contribution in [2.24, 2.45) is 29.6 Å². The third-order valence-electron chi connectivity index (χ3n) is 8.95. The molecule has 2 heterocycles. The highest BCUT2D eigenvalue weighted by Gasteiger charge is 2.41. The Balaban J connectivity index is 2.01. The van der Waals surface area contributed by atoms with Gasteiger partial charge in [-0.2, -0.15) is 0 Å². The van der Waals surface area contributed by atoms with Crippen LogP contribution in [0.3, 0.4) is 0 Å². The third-order valence-corrected chi connectivity index (χ3v) is 8.95. The van der Waals surface area contributed by atoms with E-state index in [1.165, 1.54) is 6.08 Å². The molecule has 0 aromatic carbocycles. The lowest BCUT2D eigenvalue weighted by Crippen LogP contribution is -2.46. The highest BCUT2D eigenvalue weighted by atomic mass is 16.5. The van der Waals surface area contributed by atoms with Crippen LogP contribution in [0.4, 0.5) is 0 Å². The number of aliphatic hydroxyl groups excluding tert-OH is 2. The SMILES string of the molecule is CCOC(=O)/C=C/c1ccc([C@H](C)C[C@H](C)[C@H](O)[C@@H](CC)C(=O)[C@@H](C)[C@@H](O)[C@H](C)[C@H]2CCC[C@H]([C@@H](CC)C(=O)O)O2)o1. The fourth-order valence-electron chi connectivity index (χ4n) is 6.23. The number of carboxylic acids is 1. The lowest BCUT2D eigenvalue weighted by Gasteiger charge is -2.39. The molecule has 0 saturated carbocycles. The molecule has 9 heteroatoms. The molecule has 1 aliphatic heterocycles. The van der Waals surface area contributed by atoms with Crippen LogP contribution in [0.1, 0.15) is 104 Å². The summed E-state index contributed by atoms with van der Waals surface area (Å²) in [5.41, 5.74) is 0. The molecule has 1 aromatic rings. The van der Waals surface area contributed by atoms with E-state index in [4.69, 9.17) is 13.9 Å². The normalized spacial score (nSPS) is 23.4. The molecule has 0 aliphatic carbocycles. The van der Waals surface area contributed by atoms with Gasteiger partial charge in [0.15, 0.2) is 0 Å². The van der Waals surface area contributed by atoms with E-state index in [-0.39, 0.29) is 29.6 Å². The number of ketones is 1. The zero-order valence-corrected chi connectivity index (χ0v) is 26.3. The van der Waals surface area contributed by atoms with E-state index >= 15 is 0 Å². The number of aliphatic carboxylic acids is 1. The second-order valence-electron chi connectivity index (χ2n) is 12.0. The fraction of sp³-hybridized carbons (Fsp3) is 0.727. The summed E-state index contributed by atoms with van der Waals surface area (Å²) in [4.78, 5) is 36.8. The lowest BCUT2D eigenvalue weighted by atomic mass is 9.76. The van der Waals surface area contributed by atoms with Crippen LogP contribution in [0, 0.1) is 29.6 Å². The Bertz CT molecular complexity index is 1030. The molecule has 9 nitrogen and oxygen atoms in total. The summed E-state index contributed by atoms with van der Waals surface area (Å²) >= 11 is 0. The summed E-state index contributed by atoms with van der Waals surface area (Å²) in [6.07, 6.45) is 3.91. The van der Waals surface area contributed by atoms with Crippen LogP contribution in [0.25, 0.3) is 6.08 Å². The maximum absolute atomic E-state index is 13.6. The number of hydrogen-bond donors (Lipinski definition) is 3. The number of Topliss-reactive ketones (excluding diaryl/α,β-unsaturated/α-hetero) is 1. The summed E-state index contributed by atoms with van der Waals surface area (Å²) in [6, 6.07) is 3.61. The minimum Gasteiger partial charge on any atom is -0.481 e. The Kier molecular flexibility index (Phi) is 14.4. The average Bonchev–Trinajstić information content (AvgIpc) is 3.45. The first-order valence-electron chi connectivity index (χ1n) is 15.6. The smallest absolute Gasteiger partial charge is 0.330 e. The number of aliphatic hydroxyl groups is 2. The second kappa shape index (κ2) is 17.0.